The number of imide groups is 1. The molecular formula is C53H62N8O16. The summed E-state index contributed by atoms with van der Waals surface area (Å²) in [5.74, 6) is -10.5. The van der Waals surface area contributed by atoms with Crippen LogP contribution in [0.5, 0.6) is 17.2 Å². The quantitative estimate of drug-likeness (QED) is 0.0264. The number of fused-ring (bicyclic) bond motifs is 3. The van der Waals surface area contributed by atoms with Gasteiger partial charge in [-0.25, -0.2) is 0 Å². The van der Waals surface area contributed by atoms with Crippen molar-refractivity contribution in [1.82, 2.24) is 20.9 Å². The summed E-state index contributed by atoms with van der Waals surface area (Å²) in [5.41, 5.74) is 15.0. The number of benzene rings is 2. The normalized spacial score (nSPS) is 32.4. The average molecular weight is 1070 g/mol. The minimum Gasteiger partial charge on any atom is -0.507 e. The van der Waals surface area contributed by atoms with E-state index >= 15 is 9.59 Å². The number of dihydropyridines is 2. The molecule has 0 aromatic heterocycles. The van der Waals surface area contributed by atoms with Gasteiger partial charge in [0, 0.05) is 90.7 Å². The molecule has 8 aliphatic rings. The number of aliphatic hydroxyl groups excluding tert-OH is 5. The van der Waals surface area contributed by atoms with Gasteiger partial charge in [-0.15, -0.1) is 0 Å². The molecular weight excluding hydrogens is 1000 g/mol. The Kier molecular flexibility index (Phi) is 13.7. The Bertz CT molecular complexity index is 3060. The number of phenolic OH excluding ortho intramolecular Hbond substituents is 1. The molecule has 2 aromatic carbocycles. The van der Waals surface area contributed by atoms with Crippen molar-refractivity contribution < 1.29 is 79.3 Å². The van der Waals surface area contributed by atoms with E-state index < -0.39 is 137 Å². The number of aliphatic hydroxyl groups is 8. The number of methoxy groups -OCH3 is 1. The van der Waals surface area contributed by atoms with Crippen LogP contribution in [0.2, 0.25) is 0 Å². The minimum absolute atomic E-state index is 0.0150. The number of nitrogens with zero attached hydrogens (tertiary/aromatic N) is 2. The first-order valence-corrected chi connectivity index (χ1v) is 25.2. The third-order valence-corrected chi connectivity index (χ3v) is 16.8. The van der Waals surface area contributed by atoms with Crippen LogP contribution in [0.4, 0.5) is 0 Å². The molecule has 0 bridgehead atoms. The standard InChI is InChI=1S/C53H62N8O16/c1-57-50(56)60-29-15-23-9-12-51(26-4-6-32(54)59-19-26)25(11-14-62)3-5-27-36(42(23)51)39(29)44(67)41-37(27)43(66)38-28(21-63)30(75-2)17-31(40(38)45(41)68)76-48-46(69)47(70)52(73,53(74,77-48)49(71)72)18-24(22-10-13-58-33(55)16-22)20-61-34(64)7-8-35(61)65/h4,6-10,12,16-17,19,23-25,29,32,42,46-49,58-59,62-63,67,69-74H,3,5,11,13-15,18,20-21,54-55H2,1-2H3,(H3,56,57,60)/t23-,24+,25-,29-,32?,42-,46+,47+,48+,51-,52-,53+/m0/s1. The summed E-state index contributed by atoms with van der Waals surface area (Å²) in [6, 6.07) is 0.259. The smallest absolute Gasteiger partial charge is 0.253 e. The molecule has 0 saturated carbocycles. The topological polar surface area (TPSA) is 408 Å². The molecule has 0 spiro atoms. The number of nitrogens with two attached hydrogens (primary N) is 3. The van der Waals surface area contributed by atoms with Gasteiger partial charge in [0.2, 0.25) is 18.4 Å². The van der Waals surface area contributed by atoms with Gasteiger partial charge in [0.25, 0.3) is 17.6 Å². The van der Waals surface area contributed by atoms with Gasteiger partial charge in [0.1, 0.15) is 29.5 Å². The molecule has 410 valence electrons. The molecule has 18 N–H and O–H groups in total. The lowest BCUT2D eigenvalue weighted by Gasteiger charge is -2.54. The molecule has 2 amide bonds. The Balaban J connectivity index is 1.10. The number of hydrogen-bond donors (Lipinski definition) is 15. The highest BCUT2D eigenvalue weighted by Crippen LogP contribution is 2.67. The summed E-state index contributed by atoms with van der Waals surface area (Å²) in [5, 5.41) is 114. The monoisotopic (exact) mass is 1070 g/mol. The maximum atomic E-state index is 15.8. The first kappa shape index (κ1) is 53.4. The molecule has 2 aromatic rings. The van der Waals surface area contributed by atoms with Crippen molar-refractivity contribution in [1.29, 1.82) is 0 Å². The van der Waals surface area contributed by atoms with Crippen LogP contribution in [0.3, 0.4) is 0 Å². The molecule has 4 aliphatic carbocycles. The Morgan fingerprint density at radius 3 is 2.38 bits per heavy atom. The van der Waals surface area contributed by atoms with Crippen LogP contribution in [0, 0.1) is 23.2 Å². The number of carbonyl (C=O) groups is 4. The van der Waals surface area contributed by atoms with Crippen LogP contribution >= 0.6 is 0 Å². The molecule has 4 heterocycles. The zero-order valence-electron chi connectivity index (χ0n) is 41.9. The van der Waals surface area contributed by atoms with Crippen LogP contribution < -0.4 is 42.6 Å². The number of aliphatic imine (C=N–C) groups is 1. The number of guanidine groups is 1. The summed E-state index contributed by atoms with van der Waals surface area (Å²) in [7, 11) is 2.67. The van der Waals surface area contributed by atoms with Crippen LogP contribution in [0.1, 0.15) is 91.7 Å². The lowest BCUT2D eigenvalue weighted by molar-refractivity contribution is -0.456. The van der Waals surface area contributed by atoms with Gasteiger partial charge in [-0.05, 0) is 78.4 Å². The third kappa shape index (κ3) is 8.15. The third-order valence-electron chi connectivity index (χ3n) is 16.8. The van der Waals surface area contributed by atoms with Gasteiger partial charge in [0.15, 0.2) is 17.3 Å². The van der Waals surface area contributed by atoms with E-state index in [1.54, 1.807) is 6.08 Å². The van der Waals surface area contributed by atoms with Crippen LogP contribution in [-0.2, 0) is 27.4 Å². The number of hydrogen-bond acceptors (Lipinski definition) is 21. The van der Waals surface area contributed by atoms with Gasteiger partial charge < -0.3 is 93.3 Å². The summed E-state index contributed by atoms with van der Waals surface area (Å²) in [6.07, 6.45) is 3.98. The Hall–Kier alpha value is -6.97. The Morgan fingerprint density at radius 1 is 1.01 bits per heavy atom. The second-order valence-corrected chi connectivity index (χ2v) is 20.6. The number of nitrogens with one attached hydrogen (secondary N) is 3. The number of allylic oxidation sites excluding steroid dienone is 5. The second kappa shape index (κ2) is 19.8. The zero-order chi connectivity index (χ0) is 55.2. The summed E-state index contributed by atoms with van der Waals surface area (Å²) in [4.78, 5) is 61.9. The lowest BCUT2D eigenvalue weighted by atomic mass is 9.56. The Morgan fingerprint density at radius 2 is 1.74 bits per heavy atom. The van der Waals surface area contributed by atoms with Crippen LogP contribution in [0.15, 0.2) is 82.8 Å². The number of ketones is 2. The van der Waals surface area contributed by atoms with Crippen LogP contribution in [-0.4, -0.2) is 156 Å². The SMILES string of the molecule is CN=C(N)N[C@H]1C[C@@H]2C=C[C@@]3(C4=CNC(N)C=C4)[C@H](CCO)CCc4c5c(c(O)c1c4[C@H]23)C(=O)c1c(O[C@@H]2O[C@](O)(C(O)O)[C@](O)(C[C@H](CN3C(=O)C=CC3=O)C3=CCNC(N)=C3)[C@H](O)[C@H]2O)cc(OC)c(CO)c1C5=O. The van der Waals surface area contributed by atoms with E-state index in [1.807, 2.05) is 18.4 Å². The molecule has 4 aliphatic heterocycles. The molecule has 10 rings (SSSR count). The molecule has 24 heteroatoms. The van der Waals surface area contributed by atoms with E-state index in [1.165, 1.54) is 20.2 Å². The van der Waals surface area contributed by atoms with Gasteiger partial charge in [0.05, 0.1) is 42.9 Å². The molecule has 77 heavy (non-hydrogen) atoms. The number of carbonyl (C=O) groups excluding carboxylic acids is 4. The van der Waals surface area contributed by atoms with E-state index in [-0.39, 0.29) is 71.2 Å². The summed E-state index contributed by atoms with van der Waals surface area (Å²) < 4.78 is 17.5. The van der Waals surface area contributed by atoms with E-state index in [2.05, 4.69) is 33.1 Å². The highest BCUT2D eigenvalue weighted by Gasteiger charge is 2.68. The van der Waals surface area contributed by atoms with Crippen molar-refractivity contribution in [2.45, 2.75) is 93.0 Å². The van der Waals surface area contributed by atoms with Crippen molar-refractivity contribution in [2.24, 2.45) is 45.4 Å². The Labute approximate surface area is 440 Å². The fourth-order valence-corrected chi connectivity index (χ4v) is 13.3. The van der Waals surface area contributed by atoms with Crippen molar-refractivity contribution >= 4 is 29.3 Å². The van der Waals surface area contributed by atoms with E-state index in [4.69, 9.17) is 31.4 Å². The fraction of sp³-hybridized carbons (Fsp3) is 0.453. The molecule has 1 saturated heterocycles. The highest BCUT2D eigenvalue weighted by molar-refractivity contribution is 6.31. The summed E-state index contributed by atoms with van der Waals surface area (Å²) >= 11 is 0. The highest BCUT2D eigenvalue weighted by atomic mass is 16.8. The van der Waals surface area contributed by atoms with Gasteiger partial charge >= 0.3 is 0 Å². The maximum absolute atomic E-state index is 15.8. The van der Waals surface area contributed by atoms with Gasteiger partial charge in [-0.3, -0.25) is 29.1 Å². The predicted octanol–water partition coefficient (Wildman–Crippen LogP) is -2.38. The number of ether oxygens (including phenoxy) is 3. The number of rotatable bonds is 14. The molecule has 12 atom stereocenters. The average Bonchev–Trinajstić information content (AvgIpc) is 4.16. The van der Waals surface area contributed by atoms with Gasteiger partial charge in [-0.2, -0.15) is 0 Å². The molecule has 1 unspecified atom stereocenters. The van der Waals surface area contributed by atoms with Crippen molar-refractivity contribution in [3.63, 3.8) is 0 Å². The zero-order valence-corrected chi connectivity index (χ0v) is 41.9. The molecule has 0 radical (unpaired) electrons. The molecule has 1 fully saturated rings. The maximum Gasteiger partial charge on any atom is 0.253 e. The van der Waals surface area contributed by atoms with Crippen molar-refractivity contribution in [2.75, 3.05) is 33.9 Å². The minimum atomic E-state index is -3.69. The number of amides is 2. The van der Waals surface area contributed by atoms with Crippen molar-refractivity contribution in [3.05, 3.63) is 122 Å². The predicted molar refractivity (Wildman–Crippen MR) is 270 cm³/mol. The summed E-state index contributed by atoms with van der Waals surface area (Å²) in [6.45, 7) is -1.43. The van der Waals surface area contributed by atoms with E-state index in [0.29, 0.717) is 30.4 Å². The van der Waals surface area contributed by atoms with E-state index in [0.717, 1.165) is 28.7 Å². The van der Waals surface area contributed by atoms with Gasteiger partial charge in [-0.1, -0.05) is 24.3 Å². The van der Waals surface area contributed by atoms with E-state index in [9.17, 15) is 55.5 Å². The number of phenols is 1. The van der Waals surface area contributed by atoms with Crippen LogP contribution in [0.25, 0.3) is 0 Å². The first-order chi connectivity index (χ1) is 36.7. The largest absolute Gasteiger partial charge is 0.507 e. The molecule has 24 nitrogen and oxygen atoms in total. The number of aromatic hydroxyl groups is 1. The van der Waals surface area contributed by atoms with Crippen molar-refractivity contribution in [3.8, 4) is 17.2 Å². The second-order valence-electron chi connectivity index (χ2n) is 20.6. The first-order valence-electron chi connectivity index (χ1n) is 25.2. The lowest BCUT2D eigenvalue weighted by Crippen LogP contribution is -2.77. The fourth-order valence-electron chi connectivity index (χ4n) is 13.3.